The third-order valence-corrected chi connectivity index (χ3v) is 3.98. The van der Waals surface area contributed by atoms with Crippen LogP contribution >= 0.6 is 0 Å². The van der Waals surface area contributed by atoms with Gasteiger partial charge in [-0.2, -0.15) is 0 Å². The largest absolute Gasteiger partial charge is 0.504 e. The molecule has 2 amide bonds. The van der Waals surface area contributed by atoms with Gasteiger partial charge in [0.25, 0.3) is 0 Å². The Morgan fingerprint density at radius 2 is 2.10 bits per heavy atom. The summed E-state index contributed by atoms with van der Waals surface area (Å²) >= 11 is 0. The molecule has 0 aliphatic carbocycles. The van der Waals surface area contributed by atoms with Gasteiger partial charge in [0.05, 0.1) is 12.6 Å². The summed E-state index contributed by atoms with van der Waals surface area (Å²) in [5, 5.41) is 21.5. The van der Waals surface area contributed by atoms with Crippen molar-refractivity contribution in [3.8, 4) is 11.5 Å². The zero-order valence-electron chi connectivity index (χ0n) is 11.5. The molecule has 1 unspecified atom stereocenters. The summed E-state index contributed by atoms with van der Waals surface area (Å²) in [5.41, 5.74) is 0.369. The fraction of sp³-hybridized carbons (Fsp3) is 0.429. The molecule has 0 saturated carbocycles. The van der Waals surface area contributed by atoms with Gasteiger partial charge in [0.2, 0.25) is 0 Å². The highest BCUT2D eigenvalue weighted by Crippen LogP contribution is 2.25. The van der Waals surface area contributed by atoms with Crippen molar-refractivity contribution in [2.45, 2.75) is 6.04 Å². The maximum Gasteiger partial charge on any atom is 0.317 e. The summed E-state index contributed by atoms with van der Waals surface area (Å²) in [4.78, 5) is 27.5. The van der Waals surface area contributed by atoms with E-state index < -0.39 is 0 Å². The molecule has 3 N–H and O–H groups in total. The summed E-state index contributed by atoms with van der Waals surface area (Å²) in [5.74, 6) is -0.650. The van der Waals surface area contributed by atoms with Crippen LogP contribution in [0.25, 0.3) is 0 Å². The van der Waals surface area contributed by atoms with Gasteiger partial charge in [0.1, 0.15) is 0 Å². The van der Waals surface area contributed by atoms with E-state index in [4.69, 9.17) is 0 Å². The SMILES string of the molecule is O=C(CN1CCN2C(=O)NCC2C1)c1ccc(O)c(O)c1. The molecule has 1 aromatic rings. The number of carbonyl (C=O) groups is 2. The monoisotopic (exact) mass is 291 g/mol. The number of urea groups is 1. The first-order valence-corrected chi connectivity index (χ1v) is 6.86. The fourth-order valence-electron chi connectivity index (χ4n) is 2.80. The number of Topliss-reactive ketones (excluding diaryl/α,β-unsaturated/α-hetero) is 1. The van der Waals surface area contributed by atoms with Crippen LogP contribution in [-0.4, -0.2) is 70.6 Å². The van der Waals surface area contributed by atoms with Crippen LogP contribution in [0.4, 0.5) is 4.79 Å². The van der Waals surface area contributed by atoms with Gasteiger partial charge < -0.3 is 20.4 Å². The van der Waals surface area contributed by atoms with Crippen molar-refractivity contribution in [3.05, 3.63) is 23.8 Å². The van der Waals surface area contributed by atoms with E-state index in [1.807, 2.05) is 4.90 Å². The molecular weight excluding hydrogens is 274 g/mol. The lowest BCUT2D eigenvalue weighted by Gasteiger charge is -2.35. The van der Waals surface area contributed by atoms with E-state index >= 15 is 0 Å². The highest BCUT2D eigenvalue weighted by Gasteiger charge is 2.35. The van der Waals surface area contributed by atoms with Gasteiger partial charge in [0.15, 0.2) is 17.3 Å². The Balaban J connectivity index is 1.63. The predicted molar refractivity (Wildman–Crippen MR) is 74.4 cm³/mol. The fourth-order valence-corrected chi connectivity index (χ4v) is 2.80. The van der Waals surface area contributed by atoms with Crippen molar-refractivity contribution in [2.24, 2.45) is 0 Å². The first-order valence-electron chi connectivity index (χ1n) is 6.86. The van der Waals surface area contributed by atoms with E-state index in [2.05, 4.69) is 5.32 Å². The zero-order valence-corrected chi connectivity index (χ0v) is 11.5. The van der Waals surface area contributed by atoms with Crippen LogP contribution in [0, 0.1) is 0 Å². The molecule has 1 aromatic carbocycles. The van der Waals surface area contributed by atoms with E-state index in [1.165, 1.54) is 18.2 Å². The maximum atomic E-state index is 12.2. The highest BCUT2D eigenvalue weighted by atomic mass is 16.3. The second-order valence-electron chi connectivity index (χ2n) is 5.40. The average Bonchev–Trinajstić information content (AvgIpc) is 2.83. The summed E-state index contributed by atoms with van der Waals surface area (Å²) < 4.78 is 0. The van der Waals surface area contributed by atoms with E-state index in [0.717, 1.165) is 0 Å². The van der Waals surface area contributed by atoms with Crippen LogP contribution in [0.15, 0.2) is 18.2 Å². The molecule has 2 aliphatic heterocycles. The van der Waals surface area contributed by atoms with Gasteiger partial charge in [0, 0.05) is 31.7 Å². The number of phenolic OH excluding ortho intramolecular Hbond substituents is 2. The minimum atomic E-state index is -0.295. The van der Waals surface area contributed by atoms with Crippen LogP contribution in [-0.2, 0) is 0 Å². The normalized spacial score (nSPS) is 22.0. The molecule has 7 heteroatoms. The Labute approximate surface area is 121 Å². The Morgan fingerprint density at radius 3 is 2.86 bits per heavy atom. The van der Waals surface area contributed by atoms with Crippen molar-refractivity contribution >= 4 is 11.8 Å². The molecule has 1 atom stereocenters. The van der Waals surface area contributed by atoms with Gasteiger partial charge in [-0.25, -0.2) is 4.79 Å². The second kappa shape index (κ2) is 5.25. The quantitative estimate of drug-likeness (QED) is 0.538. The Bertz CT molecular complexity index is 590. The predicted octanol–water partition coefficient (Wildman–Crippen LogP) is -0.0101. The molecule has 112 valence electrons. The number of hydrogen-bond donors (Lipinski definition) is 3. The molecule has 21 heavy (non-hydrogen) atoms. The molecule has 0 bridgehead atoms. The lowest BCUT2D eigenvalue weighted by molar-refractivity contribution is 0.0838. The van der Waals surface area contributed by atoms with Gasteiger partial charge in [-0.05, 0) is 18.2 Å². The summed E-state index contributed by atoms with van der Waals surface area (Å²) in [6.45, 7) is 2.78. The molecule has 2 fully saturated rings. The summed E-state index contributed by atoms with van der Waals surface area (Å²) in [6.07, 6.45) is 0. The number of ketones is 1. The number of carbonyl (C=O) groups excluding carboxylic acids is 2. The number of benzene rings is 1. The van der Waals surface area contributed by atoms with Crippen molar-refractivity contribution in [1.29, 1.82) is 0 Å². The third-order valence-electron chi connectivity index (χ3n) is 3.98. The lowest BCUT2D eigenvalue weighted by Crippen LogP contribution is -2.53. The number of nitrogens with zero attached hydrogens (tertiary/aromatic N) is 2. The van der Waals surface area contributed by atoms with Gasteiger partial charge in [-0.1, -0.05) is 0 Å². The van der Waals surface area contributed by atoms with Gasteiger partial charge in [-0.15, -0.1) is 0 Å². The van der Waals surface area contributed by atoms with Crippen molar-refractivity contribution in [3.63, 3.8) is 0 Å². The van der Waals surface area contributed by atoms with E-state index in [1.54, 1.807) is 4.90 Å². The first-order chi connectivity index (χ1) is 10.0. The van der Waals surface area contributed by atoms with Gasteiger partial charge in [-0.3, -0.25) is 9.69 Å². The Morgan fingerprint density at radius 1 is 1.29 bits per heavy atom. The second-order valence-corrected chi connectivity index (χ2v) is 5.40. The molecule has 0 aromatic heterocycles. The van der Waals surface area contributed by atoms with Crippen LogP contribution < -0.4 is 5.32 Å². The lowest BCUT2D eigenvalue weighted by atomic mass is 10.1. The Hall–Kier alpha value is -2.28. The van der Waals surface area contributed by atoms with Crippen molar-refractivity contribution < 1.29 is 19.8 Å². The maximum absolute atomic E-state index is 12.2. The average molecular weight is 291 g/mol. The van der Waals surface area contributed by atoms with E-state index in [9.17, 15) is 19.8 Å². The standard InChI is InChI=1S/C14H17N3O4/c18-11-2-1-9(5-12(11)19)13(20)8-16-3-4-17-10(7-16)6-15-14(17)21/h1-2,5,10,18-19H,3-4,6-8H2,(H,15,21). The van der Waals surface area contributed by atoms with Crippen LogP contribution in [0.3, 0.4) is 0 Å². The van der Waals surface area contributed by atoms with Crippen molar-refractivity contribution in [2.75, 3.05) is 32.7 Å². The smallest absolute Gasteiger partial charge is 0.317 e. The topological polar surface area (TPSA) is 93.1 Å². The number of fused-ring (bicyclic) bond motifs is 1. The van der Waals surface area contributed by atoms with Crippen LogP contribution in [0.2, 0.25) is 0 Å². The minimum absolute atomic E-state index is 0.0329. The molecule has 2 heterocycles. The number of hydrogen-bond acceptors (Lipinski definition) is 5. The third kappa shape index (κ3) is 2.64. The highest BCUT2D eigenvalue weighted by molar-refractivity contribution is 5.98. The molecule has 3 rings (SSSR count). The number of nitrogens with one attached hydrogen (secondary N) is 1. The molecule has 0 radical (unpaired) electrons. The van der Waals surface area contributed by atoms with Crippen LogP contribution in [0.5, 0.6) is 11.5 Å². The molecule has 2 saturated heterocycles. The number of phenols is 2. The number of amides is 2. The molecule has 2 aliphatic rings. The van der Waals surface area contributed by atoms with E-state index in [0.29, 0.717) is 31.7 Å². The summed E-state index contributed by atoms with van der Waals surface area (Å²) in [6, 6.07) is 4.16. The zero-order chi connectivity index (χ0) is 15.0. The van der Waals surface area contributed by atoms with Gasteiger partial charge >= 0.3 is 6.03 Å². The molecule has 7 nitrogen and oxygen atoms in total. The number of rotatable bonds is 3. The van der Waals surface area contributed by atoms with E-state index in [-0.39, 0.29) is 35.9 Å². The molecular formula is C14H17N3O4. The minimum Gasteiger partial charge on any atom is -0.504 e. The molecule has 0 spiro atoms. The Kier molecular flexibility index (Phi) is 3.42. The summed E-state index contributed by atoms with van der Waals surface area (Å²) in [7, 11) is 0. The first kappa shape index (κ1) is 13.7. The number of piperazine rings is 1. The number of aromatic hydroxyl groups is 2. The van der Waals surface area contributed by atoms with Crippen molar-refractivity contribution in [1.82, 2.24) is 15.1 Å². The van der Waals surface area contributed by atoms with Crippen LogP contribution in [0.1, 0.15) is 10.4 Å².